The highest BCUT2D eigenvalue weighted by Gasteiger charge is 2.23. The maximum absolute atomic E-state index is 12.6. The van der Waals surface area contributed by atoms with Crippen molar-refractivity contribution in [2.24, 2.45) is 0 Å². The standard InChI is InChI=1S/C24H25N3O4S/c1-30-20-10-5-17(16-21(20)31-2)23(28)25-18-6-8-19(9-7-18)26-11-13-27(14-12-26)24(29)22-4-3-15-32-22/h3-10,15-16H,11-14H2,1-2H3,(H,25,28). The molecule has 0 unspecified atom stereocenters. The Morgan fingerprint density at radius 1 is 0.906 bits per heavy atom. The number of carbonyl (C=O) groups excluding carboxylic acids is 2. The van der Waals surface area contributed by atoms with E-state index in [9.17, 15) is 9.59 Å². The summed E-state index contributed by atoms with van der Waals surface area (Å²) in [4.78, 5) is 30.1. The monoisotopic (exact) mass is 451 g/mol. The Labute approximate surface area is 191 Å². The highest BCUT2D eigenvalue weighted by Crippen LogP contribution is 2.28. The third-order valence-corrected chi connectivity index (χ3v) is 6.29. The van der Waals surface area contributed by atoms with Crippen LogP contribution in [-0.2, 0) is 0 Å². The van der Waals surface area contributed by atoms with E-state index in [-0.39, 0.29) is 11.8 Å². The van der Waals surface area contributed by atoms with Crippen molar-refractivity contribution in [3.05, 3.63) is 70.4 Å². The number of thiophene rings is 1. The van der Waals surface area contributed by atoms with Crippen LogP contribution >= 0.6 is 11.3 Å². The molecular formula is C24H25N3O4S. The van der Waals surface area contributed by atoms with Crippen LogP contribution in [0.4, 0.5) is 11.4 Å². The molecule has 1 N–H and O–H groups in total. The molecule has 0 aliphatic carbocycles. The van der Waals surface area contributed by atoms with Gasteiger partial charge in [0.1, 0.15) is 0 Å². The number of hydrogen-bond donors (Lipinski definition) is 1. The van der Waals surface area contributed by atoms with Gasteiger partial charge in [-0.2, -0.15) is 0 Å². The maximum Gasteiger partial charge on any atom is 0.264 e. The van der Waals surface area contributed by atoms with Crippen LogP contribution in [0.5, 0.6) is 11.5 Å². The zero-order chi connectivity index (χ0) is 22.5. The normalized spacial score (nSPS) is 13.6. The summed E-state index contributed by atoms with van der Waals surface area (Å²) in [6, 6.07) is 16.6. The zero-order valence-corrected chi connectivity index (χ0v) is 18.9. The molecule has 2 amide bonds. The van der Waals surface area contributed by atoms with Gasteiger partial charge in [-0.1, -0.05) is 6.07 Å². The molecule has 8 heteroatoms. The van der Waals surface area contributed by atoms with E-state index in [1.807, 2.05) is 46.7 Å². The smallest absolute Gasteiger partial charge is 0.264 e. The first-order valence-electron chi connectivity index (χ1n) is 10.3. The molecule has 4 rings (SSSR count). The van der Waals surface area contributed by atoms with Crippen LogP contribution in [0.2, 0.25) is 0 Å². The van der Waals surface area contributed by atoms with E-state index < -0.39 is 0 Å². The second-order valence-electron chi connectivity index (χ2n) is 7.33. The van der Waals surface area contributed by atoms with Crippen LogP contribution < -0.4 is 19.7 Å². The van der Waals surface area contributed by atoms with E-state index in [2.05, 4.69) is 10.2 Å². The molecule has 0 saturated carbocycles. The minimum atomic E-state index is -0.223. The summed E-state index contributed by atoms with van der Waals surface area (Å²) in [5.41, 5.74) is 2.26. The summed E-state index contributed by atoms with van der Waals surface area (Å²) < 4.78 is 10.5. The number of hydrogen-bond acceptors (Lipinski definition) is 6. The molecule has 0 radical (unpaired) electrons. The lowest BCUT2D eigenvalue weighted by atomic mass is 10.1. The van der Waals surface area contributed by atoms with Crippen molar-refractivity contribution in [3.8, 4) is 11.5 Å². The molecular weight excluding hydrogens is 426 g/mol. The van der Waals surface area contributed by atoms with Crippen LogP contribution in [0.3, 0.4) is 0 Å². The van der Waals surface area contributed by atoms with E-state index in [0.29, 0.717) is 35.8 Å². The second-order valence-corrected chi connectivity index (χ2v) is 8.28. The highest BCUT2D eigenvalue weighted by molar-refractivity contribution is 7.12. The number of rotatable bonds is 6. The second kappa shape index (κ2) is 9.74. The van der Waals surface area contributed by atoms with Gasteiger partial charge >= 0.3 is 0 Å². The molecule has 2 aromatic carbocycles. The minimum Gasteiger partial charge on any atom is -0.493 e. The highest BCUT2D eigenvalue weighted by atomic mass is 32.1. The fraction of sp³-hybridized carbons (Fsp3) is 0.250. The summed E-state index contributed by atoms with van der Waals surface area (Å²) in [6.45, 7) is 2.92. The van der Waals surface area contributed by atoms with Crippen molar-refractivity contribution in [3.63, 3.8) is 0 Å². The van der Waals surface area contributed by atoms with Gasteiger partial charge in [0.25, 0.3) is 11.8 Å². The zero-order valence-electron chi connectivity index (χ0n) is 18.0. The Balaban J connectivity index is 1.34. The average molecular weight is 452 g/mol. The first-order chi connectivity index (χ1) is 15.6. The van der Waals surface area contributed by atoms with Gasteiger partial charge in [0.05, 0.1) is 19.1 Å². The van der Waals surface area contributed by atoms with Crippen molar-refractivity contribution in [1.82, 2.24) is 4.90 Å². The molecule has 1 aliphatic rings. The third kappa shape index (κ3) is 4.70. The molecule has 1 aliphatic heterocycles. The number of benzene rings is 2. The summed E-state index contributed by atoms with van der Waals surface area (Å²) in [5.74, 6) is 0.963. The molecule has 166 valence electrons. The number of piperazine rings is 1. The average Bonchev–Trinajstić information content (AvgIpc) is 3.39. The first kappa shape index (κ1) is 21.7. The van der Waals surface area contributed by atoms with E-state index in [4.69, 9.17) is 9.47 Å². The number of nitrogens with one attached hydrogen (secondary N) is 1. The van der Waals surface area contributed by atoms with Crippen molar-refractivity contribution >= 4 is 34.5 Å². The number of methoxy groups -OCH3 is 2. The maximum atomic E-state index is 12.6. The molecule has 0 spiro atoms. The Morgan fingerprint density at radius 2 is 1.62 bits per heavy atom. The third-order valence-electron chi connectivity index (χ3n) is 5.43. The van der Waals surface area contributed by atoms with Gasteiger partial charge < -0.3 is 24.6 Å². The largest absolute Gasteiger partial charge is 0.493 e. The minimum absolute atomic E-state index is 0.105. The van der Waals surface area contributed by atoms with E-state index in [1.54, 1.807) is 25.3 Å². The molecule has 1 saturated heterocycles. The van der Waals surface area contributed by atoms with Gasteiger partial charge in [-0.3, -0.25) is 9.59 Å². The van der Waals surface area contributed by atoms with E-state index in [0.717, 1.165) is 23.7 Å². The lowest BCUT2D eigenvalue weighted by molar-refractivity contribution is 0.0751. The topological polar surface area (TPSA) is 71.1 Å². The van der Waals surface area contributed by atoms with Gasteiger partial charge in [0.2, 0.25) is 0 Å². The predicted molar refractivity (Wildman–Crippen MR) is 126 cm³/mol. The quantitative estimate of drug-likeness (QED) is 0.614. The fourth-order valence-electron chi connectivity index (χ4n) is 3.66. The SMILES string of the molecule is COc1ccc(C(=O)Nc2ccc(N3CCN(C(=O)c4cccs4)CC3)cc2)cc1OC. The predicted octanol–water partition coefficient (Wildman–Crippen LogP) is 3.98. The number of anilines is 2. The Kier molecular flexibility index (Phi) is 6.61. The number of amides is 2. The molecule has 2 heterocycles. The van der Waals surface area contributed by atoms with Crippen LogP contribution in [0.15, 0.2) is 60.0 Å². The molecule has 1 fully saturated rings. The van der Waals surface area contributed by atoms with Gasteiger partial charge in [-0.15, -0.1) is 11.3 Å². The van der Waals surface area contributed by atoms with Gasteiger partial charge in [0, 0.05) is 43.1 Å². The Bertz CT molecular complexity index is 1080. The van der Waals surface area contributed by atoms with Crippen molar-refractivity contribution in [2.75, 3.05) is 50.6 Å². The first-order valence-corrected chi connectivity index (χ1v) is 11.2. The number of nitrogens with zero attached hydrogens (tertiary/aromatic N) is 2. The molecule has 1 aromatic heterocycles. The van der Waals surface area contributed by atoms with Crippen LogP contribution in [0.1, 0.15) is 20.0 Å². The molecule has 3 aromatic rings. The van der Waals surface area contributed by atoms with Gasteiger partial charge in [-0.05, 0) is 53.9 Å². The number of carbonyl (C=O) groups is 2. The van der Waals surface area contributed by atoms with E-state index in [1.165, 1.54) is 18.4 Å². The molecule has 32 heavy (non-hydrogen) atoms. The van der Waals surface area contributed by atoms with Gasteiger partial charge in [-0.25, -0.2) is 0 Å². The van der Waals surface area contributed by atoms with Crippen molar-refractivity contribution in [1.29, 1.82) is 0 Å². The molecule has 0 atom stereocenters. The van der Waals surface area contributed by atoms with Crippen LogP contribution in [0.25, 0.3) is 0 Å². The van der Waals surface area contributed by atoms with Crippen molar-refractivity contribution in [2.45, 2.75) is 0 Å². The summed E-state index contributed by atoms with van der Waals surface area (Å²) in [7, 11) is 3.09. The lowest BCUT2D eigenvalue weighted by Crippen LogP contribution is -2.48. The van der Waals surface area contributed by atoms with Crippen LogP contribution in [0, 0.1) is 0 Å². The van der Waals surface area contributed by atoms with Crippen LogP contribution in [-0.4, -0.2) is 57.1 Å². The summed E-state index contributed by atoms with van der Waals surface area (Å²) in [5, 5.41) is 4.83. The summed E-state index contributed by atoms with van der Waals surface area (Å²) in [6.07, 6.45) is 0. The lowest BCUT2D eigenvalue weighted by Gasteiger charge is -2.36. The van der Waals surface area contributed by atoms with Gasteiger partial charge in [0.15, 0.2) is 11.5 Å². The van der Waals surface area contributed by atoms with Crippen molar-refractivity contribution < 1.29 is 19.1 Å². The summed E-state index contributed by atoms with van der Waals surface area (Å²) >= 11 is 1.48. The fourth-order valence-corrected chi connectivity index (χ4v) is 4.35. The Morgan fingerprint density at radius 3 is 2.25 bits per heavy atom. The molecule has 7 nitrogen and oxygen atoms in total. The molecule has 0 bridgehead atoms. The number of ether oxygens (including phenoxy) is 2. The Hall–Kier alpha value is -3.52. The van der Waals surface area contributed by atoms with E-state index >= 15 is 0 Å².